The van der Waals surface area contributed by atoms with Crippen LogP contribution in [0.25, 0.3) is 0 Å². The lowest BCUT2D eigenvalue weighted by Gasteiger charge is -2.28. The average molecular weight is 243 g/mol. The summed E-state index contributed by atoms with van der Waals surface area (Å²) in [5.41, 5.74) is 0. The van der Waals surface area contributed by atoms with E-state index < -0.39 is 5.97 Å². The number of nitrogens with zero attached hydrogens (tertiary/aromatic N) is 1. The van der Waals surface area contributed by atoms with Crippen molar-refractivity contribution < 1.29 is 19.4 Å². The molecule has 0 saturated carbocycles. The molecule has 1 saturated heterocycles. The molecule has 1 amide bonds. The van der Waals surface area contributed by atoms with E-state index in [-0.39, 0.29) is 24.5 Å². The van der Waals surface area contributed by atoms with Gasteiger partial charge in [0.2, 0.25) is 5.91 Å². The summed E-state index contributed by atoms with van der Waals surface area (Å²) < 4.78 is 5.42. The van der Waals surface area contributed by atoms with Gasteiger partial charge in [-0.25, -0.2) is 0 Å². The highest BCUT2D eigenvalue weighted by Gasteiger charge is 2.25. The minimum atomic E-state index is -0.874. The number of carbonyl (C=O) groups is 2. The highest BCUT2D eigenvalue weighted by atomic mass is 16.5. The third-order valence-electron chi connectivity index (χ3n) is 3.09. The van der Waals surface area contributed by atoms with Gasteiger partial charge in [0.25, 0.3) is 0 Å². The molecule has 1 aliphatic rings. The Bertz CT molecular complexity index is 274. The van der Waals surface area contributed by atoms with Gasteiger partial charge in [0.15, 0.2) is 0 Å². The molecular formula is C12H21NO4. The number of hydrogen-bond donors (Lipinski definition) is 1. The van der Waals surface area contributed by atoms with Crippen molar-refractivity contribution in [3.8, 4) is 0 Å². The molecule has 2 unspecified atom stereocenters. The van der Waals surface area contributed by atoms with Crippen LogP contribution in [0.3, 0.4) is 0 Å². The van der Waals surface area contributed by atoms with Crippen LogP contribution in [0.1, 0.15) is 39.5 Å². The Morgan fingerprint density at radius 2 is 2.24 bits per heavy atom. The molecule has 5 nitrogen and oxygen atoms in total. The molecule has 0 radical (unpaired) electrons. The van der Waals surface area contributed by atoms with Gasteiger partial charge in [-0.15, -0.1) is 0 Å². The van der Waals surface area contributed by atoms with Crippen LogP contribution in [-0.4, -0.2) is 47.2 Å². The molecule has 0 spiro atoms. The lowest BCUT2D eigenvalue weighted by atomic mass is 10.1. The molecule has 0 bridgehead atoms. The number of carboxylic acid groups (broad SMARTS) is 1. The van der Waals surface area contributed by atoms with Crippen LogP contribution >= 0.6 is 0 Å². The summed E-state index contributed by atoms with van der Waals surface area (Å²) in [6, 6.07) is -0.258. The first-order chi connectivity index (χ1) is 8.04. The molecule has 0 aliphatic carbocycles. The fraction of sp³-hybridized carbons (Fsp3) is 0.833. The Labute approximate surface area is 102 Å². The molecule has 1 N–H and O–H groups in total. The highest BCUT2D eigenvalue weighted by Crippen LogP contribution is 2.17. The molecule has 1 fully saturated rings. The summed E-state index contributed by atoms with van der Waals surface area (Å²) in [4.78, 5) is 24.3. The zero-order valence-electron chi connectivity index (χ0n) is 10.5. The van der Waals surface area contributed by atoms with Gasteiger partial charge in [0.05, 0.1) is 18.9 Å². The quantitative estimate of drug-likeness (QED) is 0.762. The monoisotopic (exact) mass is 243 g/mol. The fourth-order valence-corrected chi connectivity index (χ4v) is 2.21. The van der Waals surface area contributed by atoms with Crippen LogP contribution in [0.5, 0.6) is 0 Å². The maximum absolute atomic E-state index is 12.0. The Morgan fingerprint density at radius 3 is 2.71 bits per heavy atom. The predicted octanol–water partition coefficient (Wildman–Crippen LogP) is 1.27. The van der Waals surface area contributed by atoms with Gasteiger partial charge in [-0.3, -0.25) is 9.59 Å². The van der Waals surface area contributed by atoms with Gasteiger partial charge in [-0.1, -0.05) is 0 Å². The lowest BCUT2D eigenvalue weighted by Crippen LogP contribution is -2.41. The summed E-state index contributed by atoms with van der Waals surface area (Å²) in [7, 11) is 0. The Kier molecular flexibility index (Phi) is 5.41. The summed E-state index contributed by atoms with van der Waals surface area (Å²) in [5, 5.41) is 8.73. The molecule has 0 aromatic heterocycles. The Balaban J connectivity index is 2.47. The summed E-state index contributed by atoms with van der Waals surface area (Å²) in [6.45, 7) is 4.91. The van der Waals surface area contributed by atoms with Crippen LogP contribution in [0.2, 0.25) is 0 Å². The molecule has 0 aromatic rings. The largest absolute Gasteiger partial charge is 0.481 e. The van der Waals surface area contributed by atoms with Gasteiger partial charge in [0, 0.05) is 19.2 Å². The van der Waals surface area contributed by atoms with E-state index in [1.165, 1.54) is 0 Å². The van der Waals surface area contributed by atoms with E-state index in [0.717, 1.165) is 19.4 Å². The molecule has 98 valence electrons. The number of carboxylic acids is 1. The minimum Gasteiger partial charge on any atom is -0.481 e. The number of rotatable bonds is 6. The first-order valence-electron chi connectivity index (χ1n) is 6.17. The van der Waals surface area contributed by atoms with Crippen molar-refractivity contribution in [1.82, 2.24) is 4.90 Å². The van der Waals surface area contributed by atoms with E-state index in [1.807, 2.05) is 6.92 Å². The van der Waals surface area contributed by atoms with Crippen molar-refractivity contribution in [1.29, 1.82) is 0 Å². The van der Waals surface area contributed by atoms with Crippen LogP contribution in [0.4, 0.5) is 0 Å². The van der Waals surface area contributed by atoms with Gasteiger partial charge in [-0.2, -0.15) is 0 Å². The molecule has 1 aliphatic heterocycles. The second kappa shape index (κ2) is 6.59. The Morgan fingerprint density at radius 1 is 1.53 bits per heavy atom. The van der Waals surface area contributed by atoms with Crippen molar-refractivity contribution in [2.75, 3.05) is 13.2 Å². The zero-order valence-corrected chi connectivity index (χ0v) is 10.5. The van der Waals surface area contributed by atoms with Crippen molar-refractivity contribution >= 4 is 11.9 Å². The smallest absolute Gasteiger partial charge is 0.305 e. The summed E-state index contributed by atoms with van der Waals surface area (Å²) in [6.07, 6.45) is 2.32. The number of ether oxygens (including phenoxy) is 1. The second-order valence-electron chi connectivity index (χ2n) is 4.47. The SMILES string of the molecule is CCN(C(=O)CC1CCCO1)C(C)CC(=O)O. The third-order valence-corrected chi connectivity index (χ3v) is 3.09. The van der Waals surface area contributed by atoms with Gasteiger partial charge in [0.1, 0.15) is 0 Å². The van der Waals surface area contributed by atoms with E-state index in [2.05, 4.69) is 0 Å². The number of hydrogen-bond acceptors (Lipinski definition) is 3. The van der Waals surface area contributed by atoms with Crippen LogP contribution in [0.15, 0.2) is 0 Å². The van der Waals surface area contributed by atoms with E-state index in [1.54, 1.807) is 11.8 Å². The van der Waals surface area contributed by atoms with Gasteiger partial charge < -0.3 is 14.7 Å². The van der Waals surface area contributed by atoms with Crippen molar-refractivity contribution in [3.63, 3.8) is 0 Å². The molecule has 1 rings (SSSR count). The van der Waals surface area contributed by atoms with E-state index in [9.17, 15) is 9.59 Å². The van der Waals surface area contributed by atoms with Crippen LogP contribution < -0.4 is 0 Å². The van der Waals surface area contributed by atoms with Crippen LogP contribution in [0, 0.1) is 0 Å². The van der Waals surface area contributed by atoms with E-state index >= 15 is 0 Å². The van der Waals surface area contributed by atoms with Crippen molar-refractivity contribution in [3.05, 3.63) is 0 Å². The topological polar surface area (TPSA) is 66.8 Å². The fourth-order valence-electron chi connectivity index (χ4n) is 2.21. The maximum atomic E-state index is 12.0. The Hall–Kier alpha value is -1.10. The molecular weight excluding hydrogens is 222 g/mol. The third kappa shape index (κ3) is 4.34. The van der Waals surface area contributed by atoms with Gasteiger partial charge in [-0.05, 0) is 26.7 Å². The van der Waals surface area contributed by atoms with Gasteiger partial charge >= 0.3 is 5.97 Å². The predicted molar refractivity (Wildman–Crippen MR) is 62.7 cm³/mol. The van der Waals surface area contributed by atoms with Crippen molar-refractivity contribution in [2.45, 2.75) is 51.7 Å². The first kappa shape index (κ1) is 14.0. The molecule has 17 heavy (non-hydrogen) atoms. The molecule has 1 heterocycles. The zero-order chi connectivity index (χ0) is 12.8. The van der Waals surface area contributed by atoms with E-state index in [0.29, 0.717) is 13.0 Å². The number of amides is 1. The summed E-state index contributed by atoms with van der Waals surface area (Å²) in [5.74, 6) is -0.881. The number of aliphatic carboxylic acids is 1. The average Bonchev–Trinajstić information content (AvgIpc) is 2.70. The van der Waals surface area contributed by atoms with E-state index in [4.69, 9.17) is 9.84 Å². The lowest BCUT2D eigenvalue weighted by molar-refractivity contribution is -0.141. The molecule has 0 aromatic carbocycles. The van der Waals surface area contributed by atoms with Crippen LogP contribution in [-0.2, 0) is 14.3 Å². The molecule has 5 heteroatoms. The maximum Gasteiger partial charge on any atom is 0.305 e. The van der Waals surface area contributed by atoms with Crippen molar-refractivity contribution in [2.24, 2.45) is 0 Å². The highest BCUT2D eigenvalue weighted by molar-refractivity contribution is 5.78. The molecule has 2 atom stereocenters. The second-order valence-corrected chi connectivity index (χ2v) is 4.47. The standard InChI is InChI=1S/C12H21NO4/c1-3-13(9(2)7-12(15)16)11(14)8-10-5-4-6-17-10/h9-10H,3-8H2,1-2H3,(H,15,16). The summed E-state index contributed by atoms with van der Waals surface area (Å²) >= 11 is 0. The number of carbonyl (C=O) groups excluding carboxylic acids is 1. The first-order valence-corrected chi connectivity index (χ1v) is 6.17. The minimum absolute atomic E-state index is 0.00634. The normalized spacial score (nSPS) is 21.2.